The summed E-state index contributed by atoms with van der Waals surface area (Å²) in [6.07, 6.45) is 0.958. The highest BCUT2D eigenvalue weighted by Gasteiger charge is 2.38. The standard InChI is InChI=1S/C11H20N2O2/c1-7(2)5-12-10(14)6-13-11(15)9-4-8(9)3/h7-9H,4-6H2,1-3H3,(H,12,14)(H,13,15)/t8-,9-/m0/s1. The Kier molecular flexibility index (Phi) is 4.12. The Bertz CT molecular complexity index is 251. The number of carbonyl (C=O) groups is 2. The Morgan fingerprint density at radius 2 is 1.93 bits per heavy atom. The molecule has 1 rings (SSSR count). The summed E-state index contributed by atoms with van der Waals surface area (Å²) in [6.45, 7) is 6.88. The second-order valence-electron chi connectivity index (χ2n) is 4.74. The van der Waals surface area contributed by atoms with Crippen LogP contribution in [-0.2, 0) is 9.59 Å². The van der Waals surface area contributed by atoms with E-state index in [0.29, 0.717) is 18.4 Å². The second kappa shape index (κ2) is 5.14. The maximum absolute atomic E-state index is 11.4. The summed E-state index contributed by atoms with van der Waals surface area (Å²) in [7, 11) is 0. The van der Waals surface area contributed by atoms with E-state index in [1.165, 1.54) is 0 Å². The van der Waals surface area contributed by atoms with Crippen LogP contribution in [0.2, 0.25) is 0 Å². The molecule has 86 valence electrons. The quantitative estimate of drug-likeness (QED) is 0.698. The van der Waals surface area contributed by atoms with Gasteiger partial charge in [0.1, 0.15) is 0 Å². The van der Waals surface area contributed by atoms with E-state index in [0.717, 1.165) is 6.42 Å². The Hall–Kier alpha value is -1.06. The van der Waals surface area contributed by atoms with Crippen molar-refractivity contribution in [3.8, 4) is 0 Å². The van der Waals surface area contributed by atoms with Crippen molar-refractivity contribution in [2.24, 2.45) is 17.8 Å². The molecule has 0 aromatic carbocycles. The van der Waals surface area contributed by atoms with Gasteiger partial charge in [-0.3, -0.25) is 9.59 Å². The van der Waals surface area contributed by atoms with E-state index in [4.69, 9.17) is 0 Å². The first-order chi connectivity index (χ1) is 7.00. The van der Waals surface area contributed by atoms with Crippen LogP contribution in [0.15, 0.2) is 0 Å². The smallest absolute Gasteiger partial charge is 0.239 e. The monoisotopic (exact) mass is 212 g/mol. The van der Waals surface area contributed by atoms with Crippen LogP contribution < -0.4 is 10.6 Å². The summed E-state index contributed by atoms with van der Waals surface area (Å²) < 4.78 is 0. The first-order valence-electron chi connectivity index (χ1n) is 5.55. The van der Waals surface area contributed by atoms with Gasteiger partial charge in [0.2, 0.25) is 11.8 Å². The molecule has 2 amide bonds. The second-order valence-corrected chi connectivity index (χ2v) is 4.74. The molecule has 1 fully saturated rings. The lowest BCUT2D eigenvalue weighted by Gasteiger charge is -2.08. The van der Waals surface area contributed by atoms with E-state index >= 15 is 0 Å². The highest BCUT2D eigenvalue weighted by molar-refractivity contribution is 5.87. The molecular weight excluding hydrogens is 192 g/mol. The van der Waals surface area contributed by atoms with E-state index < -0.39 is 0 Å². The number of amides is 2. The minimum Gasteiger partial charge on any atom is -0.354 e. The zero-order valence-electron chi connectivity index (χ0n) is 9.67. The Labute approximate surface area is 90.8 Å². The Balaban J connectivity index is 2.08. The third-order valence-electron chi connectivity index (χ3n) is 2.58. The van der Waals surface area contributed by atoms with Gasteiger partial charge in [-0.15, -0.1) is 0 Å². The van der Waals surface area contributed by atoms with Gasteiger partial charge in [0.25, 0.3) is 0 Å². The summed E-state index contributed by atoms with van der Waals surface area (Å²) in [5, 5.41) is 5.40. The molecule has 4 heteroatoms. The van der Waals surface area contributed by atoms with Gasteiger partial charge in [-0.05, 0) is 18.3 Å². The normalized spacial score (nSPS) is 23.7. The molecular formula is C11H20N2O2. The number of rotatable bonds is 5. The summed E-state index contributed by atoms with van der Waals surface area (Å²) >= 11 is 0. The van der Waals surface area contributed by atoms with Crippen LogP contribution >= 0.6 is 0 Å². The molecule has 0 radical (unpaired) electrons. The summed E-state index contributed by atoms with van der Waals surface area (Å²) in [4.78, 5) is 22.6. The molecule has 2 atom stereocenters. The number of hydrogen-bond acceptors (Lipinski definition) is 2. The summed E-state index contributed by atoms with van der Waals surface area (Å²) in [5.74, 6) is 0.979. The van der Waals surface area contributed by atoms with Gasteiger partial charge >= 0.3 is 0 Å². The largest absolute Gasteiger partial charge is 0.354 e. The van der Waals surface area contributed by atoms with Crippen molar-refractivity contribution in [3.05, 3.63) is 0 Å². The molecule has 4 nitrogen and oxygen atoms in total. The van der Waals surface area contributed by atoms with E-state index in [2.05, 4.69) is 10.6 Å². The van der Waals surface area contributed by atoms with Gasteiger partial charge in [-0.2, -0.15) is 0 Å². The average Bonchev–Trinajstić information content (AvgIpc) is 2.88. The lowest BCUT2D eigenvalue weighted by molar-refractivity contribution is -0.127. The molecule has 1 aliphatic carbocycles. The van der Waals surface area contributed by atoms with Gasteiger partial charge in [-0.25, -0.2) is 0 Å². The zero-order valence-corrected chi connectivity index (χ0v) is 9.67. The van der Waals surface area contributed by atoms with Crippen LogP contribution in [-0.4, -0.2) is 24.9 Å². The molecule has 0 aromatic rings. The lowest BCUT2D eigenvalue weighted by atomic mass is 10.2. The van der Waals surface area contributed by atoms with Gasteiger partial charge in [-0.1, -0.05) is 20.8 Å². The van der Waals surface area contributed by atoms with Gasteiger partial charge in [0.15, 0.2) is 0 Å². The summed E-state index contributed by atoms with van der Waals surface area (Å²) in [5.41, 5.74) is 0. The highest BCUT2D eigenvalue weighted by atomic mass is 16.2. The topological polar surface area (TPSA) is 58.2 Å². The minimum absolute atomic E-state index is 0.0159. The molecule has 0 bridgehead atoms. The fraction of sp³-hybridized carbons (Fsp3) is 0.818. The molecule has 0 aromatic heterocycles. The molecule has 0 heterocycles. The first kappa shape index (κ1) is 12.0. The zero-order chi connectivity index (χ0) is 11.4. The molecule has 15 heavy (non-hydrogen) atoms. The molecule has 2 N–H and O–H groups in total. The van der Waals surface area contributed by atoms with E-state index in [1.54, 1.807) is 0 Å². The van der Waals surface area contributed by atoms with Gasteiger partial charge in [0, 0.05) is 12.5 Å². The van der Waals surface area contributed by atoms with Crippen molar-refractivity contribution in [3.63, 3.8) is 0 Å². The summed E-state index contributed by atoms with van der Waals surface area (Å²) in [6, 6.07) is 0. The molecule has 0 spiro atoms. The van der Waals surface area contributed by atoms with E-state index in [9.17, 15) is 9.59 Å². The number of nitrogens with one attached hydrogen (secondary N) is 2. The maximum Gasteiger partial charge on any atom is 0.239 e. The van der Waals surface area contributed by atoms with Crippen LogP contribution in [0.1, 0.15) is 27.2 Å². The van der Waals surface area contributed by atoms with Crippen molar-refractivity contribution in [2.45, 2.75) is 27.2 Å². The molecule has 1 saturated carbocycles. The van der Waals surface area contributed by atoms with E-state index in [1.807, 2.05) is 20.8 Å². The van der Waals surface area contributed by atoms with Crippen LogP contribution in [0.4, 0.5) is 0 Å². The molecule has 0 aliphatic heterocycles. The van der Waals surface area contributed by atoms with Crippen LogP contribution in [0.5, 0.6) is 0 Å². The Morgan fingerprint density at radius 3 is 2.40 bits per heavy atom. The lowest BCUT2D eigenvalue weighted by Crippen LogP contribution is -2.38. The van der Waals surface area contributed by atoms with Crippen molar-refractivity contribution in [1.29, 1.82) is 0 Å². The molecule has 1 aliphatic rings. The molecule has 0 unspecified atom stereocenters. The predicted molar refractivity (Wildman–Crippen MR) is 58.1 cm³/mol. The fourth-order valence-electron chi connectivity index (χ4n) is 1.37. The van der Waals surface area contributed by atoms with Crippen molar-refractivity contribution >= 4 is 11.8 Å². The van der Waals surface area contributed by atoms with Gasteiger partial charge < -0.3 is 10.6 Å². The van der Waals surface area contributed by atoms with Crippen LogP contribution in [0.3, 0.4) is 0 Å². The van der Waals surface area contributed by atoms with Crippen molar-refractivity contribution in [1.82, 2.24) is 10.6 Å². The minimum atomic E-state index is -0.106. The number of carbonyl (C=O) groups excluding carboxylic acids is 2. The van der Waals surface area contributed by atoms with Crippen molar-refractivity contribution in [2.75, 3.05) is 13.1 Å². The van der Waals surface area contributed by atoms with E-state index in [-0.39, 0.29) is 24.3 Å². The van der Waals surface area contributed by atoms with Gasteiger partial charge in [0.05, 0.1) is 6.54 Å². The predicted octanol–water partition coefficient (Wildman–Crippen LogP) is 0.531. The number of hydrogen-bond donors (Lipinski definition) is 2. The maximum atomic E-state index is 11.4. The first-order valence-corrected chi connectivity index (χ1v) is 5.55. The highest BCUT2D eigenvalue weighted by Crippen LogP contribution is 2.37. The van der Waals surface area contributed by atoms with Crippen LogP contribution in [0.25, 0.3) is 0 Å². The SMILES string of the molecule is CC(C)CNC(=O)CNC(=O)[C@H]1C[C@@H]1C. The third kappa shape index (κ3) is 4.32. The fourth-order valence-corrected chi connectivity index (χ4v) is 1.37. The van der Waals surface area contributed by atoms with Crippen LogP contribution in [0, 0.1) is 17.8 Å². The third-order valence-corrected chi connectivity index (χ3v) is 2.58. The van der Waals surface area contributed by atoms with Crippen molar-refractivity contribution < 1.29 is 9.59 Å². The Morgan fingerprint density at radius 1 is 1.33 bits per heavy atom. The molecule has 0 saturated heterocycles. The average molecular weight is 212 g/mol.